The molecule has 2 rings (SSSR count). The van der Waals surface area contributed by atoms with Gasteiger partial charge in [0, 0.05) is 12.6 Å². The highest BCUT2D eigenvalue weighted by Gasteiger charge is 2.30. The van der Waals surface area contributed by atoms with Crippen LogP contribution in [0.25, 0.3) is 0 Å². The average Bonchev–Trinajstić information content (AvgIpc) is 2.45. The van der Waals surface area contributed by atoms with Crippen molar-refractivity contribution in [2.45, 2.75) is 44.7 Å². The van der Waals surface area contributed by atoms with Gasteiger partial charge in [0.05, 0.1) is 6.04 Å². The van der Waals surface area contributed by atoms with Gasteiger partial charge in [-0.2, -0.15) is 0 Å². The number of piperidine rings is 1. The van der Waals surface area contributed by atoms with E-state index < -0.39 is 0 Å². The van der Waals surface area contributed by atoms with Crippen molar-refractivity contribution in [3.05, 3.63) is 35.9 Å². The number of amides is 1. The van der Waals surface area contributed by atoms with Crippen molar-refractivity contribution in [3.8, 4) is 0 Å². The van der Waals surface area contributed by atoms with E-state index in [4.69, 9.17) is 0 Å². The number of carbonyl (C=O) groups is 1. The number of hydrogen-bond acceptors (Lipinski definition) is 2. The molecule has 0 radical (unpaired) electrons. The molecule has 0 aliphatic carbocycles. The molecular formula is C17H26N2O. The Labute approximate surface area is 122 Å². The van der Waals surface area contributed by atoms with E-state index in [1.807, 2.05) is 32.3 Å². The van der Waals surface area contributed by atoms with E-state index in [1.54, 1.807) is 0 Å². The van der Waals surface area contributed by atoms with E-state index in [-0.39, 0.29) is 11.9 Å². The summed E-state index contributed by atoms with van der Waals surface area (Å²) in [5.74, 6) is 0.283. The molecule has 1 aromatic rings. The minimum absolute atomic E-state index is 0.0575. The van der Waals surface area contributed by atoms with Gasteiger partial charge in [-0.3, -0.25) is 9.69 Å². The summed E-state index contributed by atoms with van der Waals surface area (Å²) in [5, 5.41) is 0. The van der Waals surface area contributed by atoms with Gasteiger partial charge in [-0.15, -0.1) is 0 Å². The number of carbonyl (C=O) groups excluding carboxylic acids is 1. The van der Waals surface area contributed by atoms with E-state index >= 15 is 0 Å². The molecule has 0 aromatic heterocycles. The maximum absolute atomic E-state index is 12.8. The Balaban J connectivity index is 2.09. The fraction of sp³-hybridized carbons (Fsp3) is 0.588. The molecule has 1 amide bonds. The first-order valence-electron chi connectivity index (χ1n) is 7.60. The quantitative estimate of drug-likeness (QED) is 0.842. The molecule has 3 nitrogen and oxygen atoms in total. The zero-order valence-electron chi connectivity index (χ0n) is 12.9. The smallest absolute Gasteiger partial charge is 0.240 e. The van der Waals surface area contributed by atoms with Crippen LogP contribution in [-0.4, -0.2) is 48.4 Å². The summed E-state index contributed by atoms with van der Waals surface area (Å²) in [5.41, 5.74) is 1.23. The SMILES string of the molecule is C[C@@H]1CCCCN1C(=O)[C@@H](Cc1ccccc1)N(C)C. The lowest BCUT2D eigenvalue weighted by atomic mass is 9.99. The van der Waals surface area contributed by atoms with Crippen molar-refractivity contribution < 1.29 is 4.79 Å². The molecule has 1 aromatic carbocycles. The molecule has 0 spiro atoms. The Kier molecular flexibility index (Phi) is 5.18. The Morgan fingerprint density at radius 1 is 1.30 bits per heavy atom. The van der Waals surface area contributed by atoms with Crippen molar-refractivity contribution in [3.63, 3.8) is 0 Å². The molecule has 1 aliphatic rings. The van der Waals surface area contributed by atoms with Crippen LogP contribution in [0.2, 0.25) is 0 Å². The maximum atomic E-state index is 12.8. The van der Waals surface area contributed by atoms with Crippen LogP contribution in [0.3, 0.4) is 0 Å². The van der Waals surface area contributed by atoms with Crippen LogP contribution in [0.1, 0.15) is 31.7 Å². The van der Waals surface area contributed by atoms with Crippen molar-refractivity contribution >= 4 is 5.91 Å². The van der Waals surface area contributed by atoms with E-state index in [1.165, 1.54) is 12.0 Å². The number of benzene rings is 1. The van der Waals surface area contributed by atoms with Crippen LogP contribution in [0, 0.1) is 0 Å². The summed E-state index contributed by atoms with van der Waals surface area (Å²) in [7, 11) is 4.00. The number of likely N-dealkylation sites (tertiary alicyclic amines) is 1. The van der Waals surface area contributed by atoms with E-state index in [9.17, 15) is 4.79 Å². The Morgan fingerprint density at radius 2 is 2.00 bits per heavy atom. The highest BCUT2D eigenvalue weighted by molar-refractivity contribution is 5.82. The summed E-state index contributed by atoms with van der Waals surface area (Å²) >= 11 is 0. The van der Waals surface area contributed by atoms with Gasteiger partial charge in [-0.05, 0) is 52.3 Å². The maximum Gasteiger partial charge on any atom is 0.240 e. The number of nitrogens with zero attached hydrogens (tertiary/aromatic N) is 2. The summed E-state index contributed by atoms with van der Waals surface area (Å²) in [6.45, 7) is 3.09. The van der Waals surface area contributed by atoms with Crippen molar-refractivity contribution in [1.82, 2.24) is 9.80 Å². The highest BCUT2D eigenvalue weighted by Crippen LogP contribution is 2.19. The predicted molar refractivity (Wildman–Crippen MR) is 82.6 cm³/mol. The van der Waals surface area contributed by atoms with Crippen LogP contribution in [0.4, 0.5) is 0 Å². The summed E-state index contributed by atoms with van der Waals surface area (Å²) in [6, 6.07) is 10.6. The van der Waals surface area contributed by atoms with Gasteiger partial charge in [0.1, 0.15) is 0 Å². The molecule has 3 heteroatoms. The second-order valence-electron chi connectivity index (χ2n) is 6.05. The minimum atomic E-state index is -0.0575. The normalized spacial score (nSPS) is 21.0. The molecule has 0 saturated carbocycles. The minimum Gasteiger partial charge on any atom is -0.339 e. The fourth-order valence-electron chi connectivity index (χ4n) is 2.95. The number of hydrogen-bond donors (Lipinski definition) is 0. The molecule has 1 saturated heterocycles. The molecule has 0 bridgehead atoms. The van der Waals surface area contributed by atoms with E-state index in [0.29, 0.717) is 6.04 Å². The largest absolute Gasteiger partial charge is 0.339 e. The van der Waals surface area contributed by atoms with Crippen LogP contribution < -0.4 is 0 Å². The Morgan fingerprint density at radius 3 is 2.60 bits per heavy atom. The number of likely N-dealkylation sites (N-methyl/N-ethyl adjacent to an activating group) is 1. The lowest BCUT2D eigenvalue weighted by molar-refractivity contribution is -0.139. The molecular weight excluding hydrogens is 248 g/mol. The van der Waals surface area contributed by atoms with Crippen molar-refractivity contribution in [1.29, 1.82) is 0 Å². The topological polar surface area (TPSA) is 23.6 Å². The lowest BCUT2D eigenvalue weighted by Gasteiger charge is -2.37. The second-order valence-corrected chi connectivity index (χ2v) is 6.05. The van der Waals surface area contributed by atoms with Crippen molar-refractivity contribution in [2.24, 2.45) is 0 Å². The van der Waals surface area contributed by atoms with Crippen molar-refractivity contribution in [2.75, 3.05) is 20.6 Å². The first-order chi connectivity index (χ1) is 9.59. The Bertz CT molecular complexity index is 430. The van der Waals surface area contributed by atoms with Gasteiger partial charge in [0.25, 0.3) is 0 Å². The van der Waals surface area contributed by atoms with Gasteiger partial charge >= 0.3 is 0 Å². The van der Waals surface area contributed by atoms with Gasteiger partial charge in [0.15, 0.2) is 0 Å². The summed E-state index contributed by atoms with van der Waals surface area (Å²) < 4.78 is 0. The third kappa shape index (κ3) is 3.60. The van der Waals surface area contributed by atoms with Gasteiger partial charge in [0.2, 0.25) is 5.91 Å². The summed E-state index contributed by atoms with van der Waals surface area (Å²) in [4.78, 5) is 17.0. The number of rotatable bonds is 4. The first kappa shape index (κ1) is 15.0. The van der Waals surface area contributed by atoms with Crippen LogP contribution in [-0.2, 0) is 11.2 Å². The zero-order valence-corrected chi connectivity index (χ0v) is 12.9. The monoisotopic (exact) mass is 274 g/mol. The average molecular weight is 274 g/mol. The second kappa shape index (κ2) is 6.89. The summed E-state index contributed by atoms with van der Waals surface area (Å²) in [6.07, 6.45) is 4.31. The van der Waals surface area contributed by atoms with Gasteiger partial charge < -0.3 is 4.90 Å². The molecule has 0 N–H and O–H groups in total. The third-order valence-corrected chi connectivity index (χ3v) is 4.27. The third-order valence-electron chi connectivity index (χ3n) is 4.27. The highest BCUT2D eigenvalue weighted by atomic mass is 16.2. The molecule has 110 valence electrons. The van der Waals surface area contributed by atoms with Gasteiger partial charge in [-0.1, -0.05) is 30.3 Å². The molecule has 1 heterocycles. The molecule has 0 unspecified atom stereocenters. The zero-order chi connectivity index (χ0) is 14.5. The predicted octanol–water partition coefficient (Wildman–Crippen LogP) is 2.56. The fourth-order valence-corrected chi connectivity index (χ4v) is 2.95. The van der Waals surface area contributed by atoms with E-state index in [2.05, 4.69) is 28.9 Å². The van der Waals surface area contributed by atoms with E-state index in [0.717, 1.165) is 25.8 Å². The Hall–Kier alpha value is -1.35. The molecule has 1 fully saturated rings. The standard InChI is InChI=1S/C17H26N2O/c1-14-9-7-8-12-19(14)17(20)16(18(2)3)13-15-10-5-4-6-11-15/h4-6,10-11,14,16H,7-9,12-13H2,1-3H3/t14-,16-/m1/s1. The molecule has 1 aliphatic heterocycles. The van der Waals surface area contributed by atoms with Crippen LogP contribution in [0.15, 0.2) is 30.3 Å². The molecule has 2 atom stereocenters. The first-order valence-corrected chi connectivity index (χ1v) is 7.60. The lowest BCUT2D eigenvalue weighted by Crippen LogP contribution is -2.51. The molecule has 20 heavy (non-hydrogen) atoms. The van der Waals surface area contributed by atoms with Gasteiger partial charge in [-0.25, -0.2) is 0 Å². The van der Waals surface area contributed by atoms with Crippen LogP contribution >= 0.6 is 0 Å². The van der Waals surface area contributed by atoms with Crippen LogP contribution in [0.5, 0.6) is 0 Å².